The van der Waals surface area contributed by atoms with Crippen LogP contribution in [0.15, 0.2) is 59.1 Å². The second-order valence-corrected chi connectivity index (χ2v) is 8.68. The van der Waals surface area contributed by atoms with Gasteiger partial charge in [-0.25, -0.2) is 22.5 Å². The van der Waals surface area contributed by atoms with Crippen molar-refractivity contribution in [1.29, 1.82) is 0 Å². The van der Waals surface area contributed by atoms with Gasteiger partial charge in [0.05, 0.1) is 5.69 Å². The first-order valence-electron chi connectivity index (χ1n) is 8.90. The maximum Gasteiger partial charge on any atom is 0.243 e. The van der Waals surface area contributed by atoms with E-state index < -0.39 is 15.8 Å². The number of thiazole rings is 1. The Kier molecular flexibility index (Phi) is 7.07. The van der Waals surface area contributed by atoms with Crippen LogP contribution in [-0.4, -0.2) is 31.5 Å². The molecule has 0 radical (unpaired) electrons. The summed E-state index contributed by atoms with van der Waals surface area (Å²) < 4.78 is 40.2. The molecule has 3 aromatic rings. The van der Waals surface area contributed by atoms with Crippen molar-refractivity contribution in [2.24, 2.45) is 0 Å². The highest BCUT2D eigenvalue weighted by atomic mass is 32.2. The van der Waals surface area contributed by atoms with Crippen molar-refractivity contribution in [3.63, 3.8) is 0 Å². The van der Waals surface area contributed by atoms with Crippen LogP contribution < -0.4 is 10.0 Å². The molecule has 0 amide bonds. The van der Waals surface area contributed by atoms with Gasteiger partial charge in [0.1, 0.15) is 10.7 Å². The standard InChI is InChI=1S/C19H21FN4O2S2/c20-16-6-2-3-7-18(16)28(25,26)23-11-5-1-4-10-22-19-24-17(14-27-19)15-8-12-21-13-9-15/h2-3,6-9,12-14,23H,1,4-5,10-11H2,(H,22,24). The van der Waals surface area contributed by atoms with E-state index in [2.05, 4.69) is 20.0 Å². The second-order valence-electron chi connectivity index (χ2n) is 6.09. The summed E-state index contributed by atoms with van der Waals surface area (Å²) in [6.07, 6.45) is 5.88. The van der Waals surface area contributed by atoms with Gasteiger partial charge >= 0.3 is 0 Å². The highest BCUT2D eigenvalue weighted by Crippen LogP contribution is 2.24. The van der Waals surface area contributed by atoms with Gasteiger partial charge in [0.2, 0.25) is 10.0 Å². The molecule has 1 aromatic carbocycles. The van der Waals surface area contributed by atoms with Crippen LogP contribution in [0.5, 0.6) is 0 Å². The first-order chi connectivity index (χ1) is 13.6. The third-order valence-electron chi connectivity index (χ3n) is 4.03. The van der Waals surface area contributed by atoms with Gasteiger partial charge in [-0.3, -0.25) is 4.98 Å². The number of unbranched alkanes of at least 4 members (excludes halogenated alkanes) is 2. The number of sulfonamides is 1. The molecule has 2 N–H and O–H groups in total. The number of anilines is 1. The van der Waals surface area contributed by atoms with Crippen LogP contribution in [0.1, 0.15) is 19.3 Å². The zero-order valence-corrected chi connectivity index (χ0v) is 16.8. The fraction of sp³-hybridized carbons (Fsp3) is 0.263. The Balaban J connectivity index is 1.35. The Morgan fingerprint density at radius 3 is 2.54 bits per heavy atom. The lowest BCUT2D eigenvalue weighted by molar-refractivity contribution is 0.553. The van der Waals surface area contributed by atoms with Crippen molar-refractivity contribution in [2.45, 2.75) is 24.2 Å². The van der Waals surface area contributed by atoms with Crippen molar-refractivity contribution in [1.82, 2.24) is 14.7 Å². The summed E-state index contributed by atoms with van der Waals surface area (Å²) >= 11 is 1.55. The molecule has 0 unspecified atom stereocenters. The average Bonchev–Trinajstić information content (AvgIpc) is 3.17. The van der Waals surface area contributed by atoms with Crippen LogP contribution in [0.2, 0.25) is 0 Å². The monoisotopic (exact) mass is 420 g/mol. The van der Waals surface area contributed by atoms with Crippen LogP contribution in [0.4, 0.5) is 9.52 Å². The van der Waals surface area contributed by atoms with E-state index in [1.807, 2.05) is 17.5 Å². The third kappa shape index (κ3) is 5.57. The molecule has 2 heterocycles. The van der Waals surface area contributed by atoms with Gasteiger partial charge in [-0.2, -0.15) is 0 Å². The SMILES string of the molecule is O=S(=O)(NCCCCCNc1nc(-c2ccncc2)cs1)c1ccccc1F. The van der Waals surface area contributed by atoms with Gasteiger partial charge in [-0.1, -0.05) is 18.6 Å². The largest absolute Gasteiger partial charge is 0.362 e. The molecule has 6 nitrogen and oxygen atoms in total. The Labute approximate surface area is 167 Å². The summed E-state index contributed by atoms with van der Waals surface area (Å²) in [5.74, 6) is -0.742. The van der Waals surface area contributed by atoms with Crippen molar-refractivity contribution in [3.8, 4) is 11.3 Å². The van der Waals surface area contributed by atoms with E-state index in [1.165, 1.54) is 18.2 Å². The fourth-order valence-electron chi connectivity index (χ4n) is 2.58. The highest BCUT2D eigenvalue weighted by Gasteiger charge is 2.17. The van der Waals surface area contributed by atoms with E-state index in [0.717, 1.165) is 41.8 Å². The first kappa shape index (κ1) is 20.4. The summed E-state index contributed by atoms with van der Waals surface area (Å²) in [4.78, 5) is 8.22. The lowest BCUT2D eigenvalue weighted by atomic mass is 10.2. The van der Waals surface area contributed by atoms with E-state index in [4.69, 9.17) is 0 Å². The Hall–Kier alpha value is -2.36. The summed E-state index contributed by atoms with van der Waals surface area (Å²) in [5.41, 5.74) is 1.94. The molecule has 0 bridgehead atoms. The van der Waals surface area contributed by atoms with Gasteiger partial charge in [0.25, 0.3) is 0 Å². The van der Waals surface area contributed by atoms with Gasteiger partial charge in [-0.05, 0) is 37.1 Å². The van der Waals surface area contributed by atoms with Gasteiger partial charge in [0, 0.05) is 36.4 Å². The first-order valence-corrected chi connectivity index (χ1v) is 11.3. The quantitative estimate of drug-likeness (QED) is 0.486. The zero-order valence-electron chi connectivity index (χ0n) is 15.1. The molecule has 0 atom stereocenters. The molecule has 3 rings (SSSR count). The lowest BCUT2D eigenvalue weighted by Gasteiger charge is -2.07. The summed E-state index contributed by atoms with van der Waals surface area (Å²) in [6, 6.07) is 9.20. The van der Waals surface area contributed by atoms with E-state index in [1.54, 1.807) is 23.7 Å². The molecule has 0 saturated carbocycles. The molecule has 0 spiro atoms. The molecule has 9 heteroatoms. The number of nitrogens with one attached hydrogen (secondary N) is 2. The van der Waals surface area contributed by atoms with Gasteiger partial charge in [-0.15, -0.1) is 11.3 Å². The predicted molar refractivity (Wildman–Crippen MR) is 109 cm³/mol. The molecule has 0 aliphatic rings. The van der Waals surface area contributed by atoms with E-state index in [0.29, 0.717) is 6.42 Å². The average molecular weight is 421 g/mol. The number of hydrogen-bond acceptors (Lipinski definition) is 6. The van der Waals surface area contributed by atoms with Gasteiger partial charge in [0.15, 0.2) is 5.13 Å². The molecule has 2 aromatic heterocycles. The third-order valence-corrected chi connectivity index (χ3v) is 6.32. The number of hydrogen-bond donors (Lipinski definition) is 2. The van der Waals surface area contributed by atoms with Crippen LogP contribution in [0, 0.1) is 5.82 Å². The van der Waals surface area contributed by atoms with Crippen molar-refractivity contribution in [2.75, 3.05) is 18.4 Å². The number of rotatable bonds is 10. The van der Waals surface area contributed by atoms with E-state index in [9.17, 15) is 12.8 Å². The fourth-order valence-corrected chi connectivity index (χ4v) is 4.48. The molecule has 148 valence electrons. The Morgan fingerprint density at radius 2 is 1.75 bits per heavy atom. The molecular weight excluding hydrogens is 399 g/mol. The molecular formula is C19H21FN4O2S2. The van der Waals surface area contributed by atoms with Crippen molar-refractivity contribution < 1.29 is 12.8 Å². The number of benzene rings is 1. The minimum atomic E-state index is -3.80. The van der Waals surface area contributed by atoms with Crippen LogP contribution >= 0.6 is 11.3 Å². The topological polar surface area (TPSA) is 84.0 Å². The zero-order chi connectivity index (χ0) is 19.8. The normalized spacial score (nSPS) is 11.5. The molecule has 0 aliphatic heterocycles. The predicted octanol–water partition coefficient (Wildman–Crippen LogP) is 3.90. The van der Waals surface area contributed by atoms with E-state index >= 15 is 0 Å². The molecule has 0 aliphatic carbocycles. The summed E-state index contributed by atoms with van der Waals surface area (Å²) in [5, 5.41) is 6.13. The minimum Gasteiger partial charge on any atom is -0.362 e. The van der Waals surface area contributed by atoms with Crippen LogP contribution in [0.3, 0.4) is 0 Å². The summed E-state index contributed by atoms with van der Waals surface area (Å²) in [6.45, 7) is 1.03. The number of pyridine rings is 1. The van der Waals surface area contributed by atoms with Crippen molar-refractivity contribution in [3.05, 3.63) is 60.0 Å². The number of aromatic nitrogens is 2. The van der Waals surface area contributed by atoms with E-state index in [-0.39, 0.29) is 11.4 Å². The molecule has 0 fully saturated rings. The Bertz CT molecular complexity index is 994. The molecule has 0 saturated heterocycles. The highest BCUT2D eigenvalue weighted by molar-refractivity contribution is 7.89. The van der Waals surface area contributed by atoms with Crippen molar-refractivity contribution >= 4 is 26.5 Å². The Morgan fingerprint density at radius 1 is 1.00 bits per heavy atom. The maximum atomic E-state index is 13.6. The number of halogens is 1. The minimum absolute atomic E-state index is 0.278. The second kappa shape index (κ2) is 9.72. The summed E-state index contributed by atoms with van der Waals surface area (Å²) in [7, 11) is -3.80. The smallest absolute Gasteiger partial charge is 0.243 e. The lowest BCUT2D eigenvalue weighted by Crippen LogP contribution is -2.25. The molecule has 28 heavy (non-hydrogen) atoms. The van der Waals surface area contributed by atoms with Gasteiger partial charge < -0.3 is 5.32 Å². The maximum absolute atomic E-state index is 13.6. The van der Waals surface area contributed by atoms with Crippen LogP contribution in [-0.2, 0) is 10.0 Å². The van der Waals surface area contributed by atoms with Crippen LogP contribution in [0.25, 0.3) is 11.3 Å². The number of nitrogens with zero attached hydrogens (tertiary/aromatic N) is 2.